The summed E-state index contributed by atoms with van der Waals surface area (Å²) in [5.41, 5.74) is 0.643. The largest absolute Gasteiger partial charge is 0.351 e. The van der Waals surface area contributed by atoms with Gasteiger partial charge in [0.25, 0.3) is 5.91 Å². The average Bonchev–Trinajstić information content (AvgIpc) is 2.25. The lowest BCUT2D eigenvalue weighted by Crippen LogP contribution is -2.29. The van der Waals surface area contributed by atoms with Crippen LogP contribution in [-0.4, -0.2) is 17.8 Å². The Morgan fingerprint density at radius 3 is 2.93 bits per heavy atom. The normalized spacial score (nSPS) is 12.2. The fourth-order valence-electron chi connectivity index (χ4n) is 1.08. The minimum atomic E-state index is -0.0876. The van der Waals surface area contributed by atoms with E-state index in [1.165, 1.54) is 0 Å². The molecule has 1 aromatic carbocycles. The predicted molar refractivity (Wildman–Crippen MR) is 66.4 cm³/mol. The molecule has 1 amide bonds. The molecule has 0 fully saturated rings. The second-order valence-electron chi connectivity index (χ2n) is 3.23. The van der Waals surface area contributed by atoms with Crippen LogP contribution >= 0.6 is 27.5 Å². The van der Waals surface area contributed by atoms with Crippen LogP contribution in [0.4, 0.5) is 0 Å². The van der Waals surface area contributed by atoms with E-state index in [1.807, 2.05) is 19.1 Å². The maximum Gasteiger partial charge on any atom is 0.251 e. The Kier molecular flexibility index (Phi) is 5.12. The fraction of sp³-hybridized carbons (Fsp3) is 0.364. The molecule has 1 unspecified atom stereocenters. The Hall–Kier alpha value is -0.540. The number of carbonyl (C=O) groups excluding carboxylic acids is 1. The Balaban J connectivity index is 2.54. The van der Waals surface area contributed by atoms with Gasteiger partial charge < -0.3 is 5.32 Å². The maximum atomic E-state index is 11.6. The van der Waals surface area contributed by atoms with Crippen LogP contribution in [0.1, 0.15) is 23.7 Å². The third kappa shape index (κ3) is 4.22. The van der Waals surface area contributed by atoms with E-state index in [4.69, 9.17) is 11.6 Å². The van der Waals surface area contributed by atoms with Gasteiger partial charge in [0.15, 0.2) is 0 Å². The van der Waals surface area contributed by atoms with E-state index in [0.29, 0.717) is 12.1 Å². The first-order valence-corrected chi connectivity index (χ1v) is 6.04. The summed E-state index contributed by atoms with van der Waals surface area (Å²) in [6, 6.07) is 7.27. The lowest BCUT2D eigenvalue weighted by molar-refractivity contribution is 0.0953. The van der Waals surface area contributed by atoms with Crippen molar-refractivity contribution in [1.29, 1.82) is 0 Å². The van der Waals surface area contributed by atoms with E-state index in [-0.39, 0.29) is 11.3 Å². The molecule has 1 atom stereocenters. The van der Waals surface area contributed by atoms with E-state index in [0.717, 1.165) is 10.9 Å². The smallest absolute Gasteiger partial charge is 0.251 e. The molecule has 15 heavy (non-hydrogen) atoms. The fourth-order valence-corrected chi connectivity index (χ4v) is 1.56. The molecular weight excluding hydrogens is 277 g/mol. The Labute approximate surface area is 103 Å². The minimum absolute atomic E-state index is 0.00102. The highest BCUT2D eigenvalue weighted by Crippen LogP contribution is 2.11. The van der Waals surface area contributed by atoms with Gasteiger partial charge in [-0.05, 0) is 24.6 Å². The number of halogens is 2. The van der Waals surface area contributed by atoms with E-state index in [9.17, 15) is 4.79 Å². The van der Waals surface area contributed by atoms with Crippen LogP contribution in [0.3, 0.4) is 0 Å². The van der Waals surface area contributed by atoms with Gasteiger partial charge in [0, 0.05) is 16.6 Å². The summed E-state index contributed by atoms with van der Waals surface area (Å²) in [7, 11) is 0. The van der Waals surface area contributed by atoms with Gasteiger partial charge in [0.1, 0.15) is 0 Å². The number of benzene rings is 1. The zero-order chi connectivity index (χ0) is 11.3. The van der Waals surface area contributed by atoms with Crippen LogP contribution in [0, 0.1) is 0 Å². The quantitative estimate of drug-likeness (QED) is 0.848. The lowest BCUT2D eigenvalue weighted by atomic mass is 10.2. The average molecular weight is 291 g/mol. The molecule has 1 N–H and O–H groups in total. The Morgan fingerprint density at radius 1 is 1.60 bits per heavy atom. The zero-order valence-corrected chi connectivity index (χ0v) is 10.8. The van der Waals surface area contributed by atoms with Crippen LogP contribution in [0.2, 0.25) is 0 Å². The van der Waals surface area contributed by atoms with Crippen molar-refractivity contribution in [2.45, 2.75) is 18.7 Å². The van der Waals surface area contributed by atoms with E-state index in [2.05, 4.69) is 21.2 Å². The molecule has 82 valence electrons. The summed E-state index contributed by atoms with van der Waals surface area (Å²) in [4.78, 5) is 11.6. The lowest BCUT2D eigenvalue weighted by Gasteiger charge is -2.08. The number of carbonyl (C=O) groups is 1. The monoisotopic (exact) mass is 289 g/mol. The highest BCUT2D eigenvalue weighted by Gasteiger charge is 2.07. The van der Waals surface area contributed by atoms with Crippen molar-refractivity contribution < 1.29 is 4.79 Å². The summed E-state index contributed by atoms with van der Waals surface area (Å²) in [5, 5.41) is 2.79. The van der Waals surface area contributed by atoms with Gasteiger partial charge in [0.2, 0.25) is 0 Å². The molecule has 0 radical (unpaired) electrons. The topological polar surface area (TPSA) is 29.1 Å². The second kappa shape index (κ2) is 6.13. The first-order valence-electron chi connectivity index (χ1n) is 4.81. The van der Waals surface area contributed by atoms with Gasteiger partial charge in [0.05, 0.1) is 5.38 Å². The summed E-state index contributed by atoms with van der Waals surface area (Å²) < 4.78 is 0.896. The van der Waals surface area contributed by atoms with Gasteiger partial charge in [-0.15, -0.1) is 11.6 Å². The standard InChI is InChI=1S/C11H13BrClNO/c1-2-10(13)7-14-11(15)8-4-3-5-9(12)6-8/h3-6,10H,2,7H2,1H3,(H,14,15). The Morgan fingerprint density at radius 2 is 2.33 bits per heavy atom. The number of rotatable bonds is 4. The molecule has 0 saturated heterocycles. The maximum absolute atomic E-state index is 11.6. The molecule has 1 rings (SSSR count). The van der Waals surface area contributed by atoms with Crippen molar-refractivity contribution in [3.05, 3.63) is 34.3 Å². The van der Waals surface area contributed by atoms with Crippen LogP contribution in [0.25, 0.3) is 0 Å². The van der Waals surface area contributed by atoms with Crippen LogP contribution in [-0.2, 0) is 0 Å². The number of amides is 1. The summed E-state index contributed by atoms with van der Waals surface area (Å²) in [6.07, 6.45) is 0.848. The Bertz CT molecular complexity index is 343. The molecule has 4 heteroatoms. The molecule has 0 aliphatic carbocycles. The van der Waals surface area contributed by atoms with Crippen LogP contribution in [0.5, 0.6) is 0 Å². The van der Waals surface area contributed by atoms with E-state index >= 15 is 0 Å². The molecule has 0 heterocycles. The number of hydrogen-bond donors (Lipinski definition) is 1. The molecule has 0 spiro atoms. The summed E-state index contributed by atoms with van der Waals surface area (Å²) >= 11 is 9.22. The van der Waals surface area contributed by atoms with Gasteiger partial charge in [-0.1, -0.05) is 28.9 Å². The highest BCUT2D eigenvalue weighted by atomic mass is 79.9. The number of nitrogens with one attached hydrogen (secondary N) is 1. The van der Waals surface area contributed by atoms with Gasteiger partial charge in [-0.25, -0.2) is 0 Å². The van der Waals surface area contributed by atoms with Gasteiger partial charge in [-0.2, -0.15) is 0 Å². The third-order valence-corrected chi connectivity index (χ3v) is 2.97. The second-order valence-corrected chi connectivity index (χ2v) is 4.76. The van der Waals surface area contributed by atoms with Crippen molar-refractivity contribution in [2.24, 2.45) is 0 Å². The van der Waals surface area contributed by atoms with Gasteiger partial charge in [-0.3, -0.25) is 4.79 Å². The van der Waals surface area contributed by atoms with E-state index < -0.39 is 0 Å². The number of alkyl halides is 1. The van der Waals surface area contributed by atoms with Crippen molar-refractivity contribution >= 4 is 33.4 Å². The van der Waals surface area contributed by atoms with Crippen LogP contribution in [0.15, 0.2) is 28.7 Å². The van der Waals surface area contributed by atoms with Crippen molar-refractivity contribution in [3.8, 4) is 0 Å². The number of hydrogen-bond acceptors (Lipinski definition) is 1. The SMILES string of the molecule is CCC(Cl)CNC(=O)c1cccc(Br)c1. The van der Waals surface area contributed by atoms with E-state index in [1.54, 1.807) is 12.1 Å². The molecule has 0 bridgehead atoms. The first kappa shape index (κ1) is 12.5. The molecule has 0 aliphatic rings. The van der Waals surface area contributed by atoms with Crippen LogP contribution < -0.4 is 5.32 Å². The van der Waals surface area contributed by atoms with Crippen molar-refractivity contribution in [2.75, 3.05) is 6.54 Å². The van der Waals surface area contributed by atoms with Gasteiger partial charge >= 0.3 is 0 Å². The highest BCUT2D eigenvalue weighted by molar-refractivity contribution is 9.10. The van der Waals surface area contributed by atoms with Crippen molar-refractivity contribution in [1.82, 2.24) is 5.32 Å². The molecule has 0 aliphatic heterocycles. The minimum Gasteiger partial charge on any atom is -0.351 e. The summed E-state index contributed by atoms with van der Waals surface area (Å²) in [5.74, 6) is -0.0876. The first-order chi connectivity index (χ1) is 7.13. The third-order valence-electron chi connectivity index (χ3n) is 2.01. The molecule has 0 aromatic heterocycles. The zero-order valence-electron chi connectivity index (χ0n) is 8.47. The van der Waals surface area contributed by atoms with Crippen molar-refractivity contribution in [3.63, 3.8) is 0 Å². The predicted octanol–water partition coefficient (Wildman–Crippen LogP) is 3.20. The molecule has 2 nitrogen and oxygen atoms in total. The molecule has 1 aromatic rings. The molecular formula is C11H13BrClNO. The molecule has 0 saturated carbocycles. The summed E-state index contributed by atoms with van der Waals surface area (Å²) in [6.45, 7) is 2.49.